The zero-order valence-electron chi connectivity index (χ0n) is 11.0. The first-order valence-electron chi connectivity index (χ1n) is 6.41. The molecule has 0 saturated heterocycles. The summed E-state index contributed by atoms with van der Waals surface area (Å²) in [5.41, 5.74) is 2.21. The van der Waals surface area contributed by atoms with Gasteiger partial charge in [-0.15, -0.1) is 0 Å². The fourth-order valence-electron chi connectivity index (χ4n) is 2.51. The highest BCUT2D eigenvalue weighted by Crippen LogP contribution is 2.34. The minimum absolute atomic E-state index is 0.0745. The number of nitro benzene ring substituents is 1. The van der Waals surface area contributed by atoms with Crippen molar-refractivity contribution in [3.63, 3.8) is 0 Å². The molecule has 2 aromatic carbocycles. The van der Waals surface area contributed by atoms with Crippen molar-refractivity contribution in [2.24, 2.45) is 0 Å². The van der Waals surface area contributed by atoms with E-state index in [0.29, 0.717) is 12.1 Å². The molecule has 6 heteroatoms. The first-order chi connectivity index (χ1) is 10.1. The zero-order valence-corrected chi connectivity index (χ0v) is 12.5. The number of carbonyl (C=O) groups excluding carboxylic acids is 1. The van der Waals surface area contributed by atoms with Gasteiger partial charge in [-0.2, -0.15) is 0 Å². The van der Waals surface area contributed by atoms with Crippen molar-refractivity contribution in [1.29, 1.82) is 0 Å². The van der Waals surface area contributed by atoms with Gasteiger partial charge >= 0.3 is 0 Å². The molecule has 0 spiro atoms. The number of hydrogen-bond donors (Lipinski definition) is 0. The molecule has 2 aromatic rings. The topological polar surface area (TPSA) is 63.4 Å². The summed E-state index contributed by atoms with van der Waals surface area (Å²) < 4.78 is 0.981. The van der Waals surface area contributed by atoms with Gasteiger partial charge in [0.2, 0.25) is 0 Å². The number of nitro groups is 1. The quantitative estimate of drug-likeness (QED) is 0.616. The number of fused-ring (bicyclic) bond motifs is 1. The van der Waals surface area contributed by atoms with E-state index in [4.69, 9.17) is 0 Å². The van der Waals surface area contributed by atoms with Crippen molar-refractivity contribution >= 4 is 33.2 Å². The van der Waals surface area contributed by atoms with E-state index in [1.54, 1.807) is 11.0 Å². The average Bonchev–Trinajstić information content (AvgIpc) is 2.92. The number of halogens is 1. The fraction of sp³-hybridized carbons (Fsp3) is 0.133. The van der Waals surface area contributed by atoms with Crippen LogP contribution < -0.4 is 4.90 Å². The number of benzene rings is 2. The Bertz CT molecular complexity index is 745. The molecule has 1 heterocycles. The number of carbonyl (C=O) groups is 1. The number of anilines is 1. The highest BCUT2D eigenvalue weighted by Gasteiger charge is 2.27. The van der Waals surface area contributed by atoms with Crippen LogP contribution in [0.1, 0.15) is 15.9 Å². The highest BCUT2D eigenvalue weighted by atomic mass is 79.9. The molecule has 106 valence electrons. The van der Waals surface area contributed by atoms with Crippen molar-refractivity contribution in [3.05, 3.63) is 68.2 Å². The lowest BCUT2D eigenvalue weighted by Gasteiger charge is -2.17. The van der Waals surface area contributed by atoms with Crippen molar-refractivity contribution < 1.29 is 9.72 Å². The van der Waals surface area contributed by atoms with Crippen LogP contribution in [0.2, 0.25) is 0 Å². The molecule has 0 fully saturated rings. The number of hydrogen-bond acceptors (Lipinski definition) is 3. The Labute approximate surface area is 129 Å². The Morgan fingerprint density at radius 3 is 2.76 bits per heavy atom. The van der Waals surface area contributed by atoms with Crippen LogP contribution in [0.5, 0.6) is 0 Å². The molecule has 0 atom stereocenters. The maximum absolute atomic E-state index is 12.6. The van der Waals surface area contributed by atoms with Crippen LogP contribution in [0.15, 0.2) is 46.9 Å². The minimum atomic E-state index is -0.495. The molecular formula is C15H11BrN2O3. The van der Waals surface area contributed by atoms with Crippen LogP contribution >= 0.6 is 15.9 Å². The number of non-ortho nitro benzene ring substituents is 1. The molecule has 0 unspecified atom stereocenters. The lowest BCUT2D eigenvalue weighted by Crippen LogP contribution is -2.28. The van der Waals surface area contributed by atoms with E-state index in [1.807, 2.05) is 18.2 Å². The van der Waals surface area contributed by atoms with Gasteiger partial charge in [0.15, 0.2) is 0 Å². The predicted molar refractivity (Wildman–Crippen MR) is 82.6 cm³/mol. The molecule has 5 nitrogen and oxygen atoms in total. The van der Waals surface area contributed by atoms with Crippen molar-refractivity contribution in [1.82, 2.24) is 0 Å². The van der Waals surface area contributed by atoms with Gasteiger partial charge in [-0.1, -0.05) is 28.1 Å². The second kappa shape index (κ2) is 5.29. The molecule has 0 N–H and O–H groups in total. The van der Waals surface area contributed by atoms with Crippen LogP contribution in [0.3, 0.4) is 0 Å². The van der Waals surface area contributed by atoms with Crippen LogP contribution in [0, 0.1) is 10.1 Å². The van der Waals surface area contributed by atoms with Gasteiger partial charge in [-0.3, -0.25) is 14.9 Å². The van der Waals surface area contributed by atoms with E-state index in [2.05, 4.69) is 15.9 Å². The first kappa shape index (κ1) is 13.8. The van der Waals surface area contributed by atoms with Gasteiger partial charge < -0.3 is 4.90 Å². The van der Waals surface area contributed by atoms with Gasteiger partial charge in [-0.25, -0.2) is 0 Å². The molecule has 0 aromatic heterocycles. The predicted octanol–water partition coefficient (Wildman–Crippen LogP) is 3.56. The molecule has 0 saturated carbocycles. The van der Waals surface area contributed by atoms with Gasteiger partial charge in [0.1, 0.15) is 0 Å². The van der Waals surface area contributed by atoms with Crippen LogP contribution in [-0.2, 0) is 6.42 Å². The number of rotatable bonds is 2. The summed E-state index contributed by atoms with van der Waals surface area (Å²) in [6, 6.07) is 11.5. The van der Waals surface area contributed by atoms with Gasteiger partial charge in [-0.05, 0) is 30.2 Å². The van der Waals surface area contributed by atoms with Crippen molar-refractivity contribution in [3.8, 4) is 0 Å². The first-order valence-corrected chi connectivity index (χ1v) is 7.21. The zero-order chi connectivity index (χ0) is 15.0. The maximum atomic E-state index is 12.6. The van der Waals surface area contributed by atoms with E-state index in [-0.39, 0.29) is 11.6 Å². The normalized spacial score (nSPS) is 13.1. The summed E-state index contributed by atoms with van der Waals surface area (Å²) in [5, 5.41) is 10.8. The van der Waals surface area contributed by atoms with Crippen molar-refractivity contribution in [2.75, 3.05) is 11.4 Å². The Morgan fingerprint density at radius 1 is 1.24 bits per heavy atom. The van der Waals surface area contributed by atoms with Gasteiger partial charge in [0.05, 0.1) is 4.92 Å². The van der Waals surface area contributed by atoms with Gasteiger partial charge in [0.25, 0.3) is 11.6 Å². The van der Waals surface area contributed by atoms with Crippen molar-refractivity contribution in [2.45, 2.75) is 6.42 Å². The Morgan fingerprint density at radius 2 is 2.00 bits per heavy atom. The Kier molecular flexibility index (Phi) is 3.47. The van der Waals surface area contributed by atoms with E-state index in [0.717, 1.165) is 22.1 Å². The summed E-state index contributed by atoms with van der Waals surface area (Å²) in [6.07, 6.45) is 0.775. The molecule has 1 aliphatic rings. The molecule has 1 amide bonds. The summed E-state index contributed by atoms with van der Waals surface area (Å²) in [4.78, 5) is 24.6. The minimum Gasteiger partial charge on any atom is -0.308 e. The van der Waals surface area contributed by atoms with E-state index >= 15 is 0 Å². The molecule has 0 radical (unpaired) electrons. The van der Waals surface area contributed by atoms with Crippen LogP contribution in [0.25, 0.3) is 0 Å². The van der Waals surface area contributed by atoms with E-state index < -0.39 is 4.92 Å². The Balaban J connectivity index is 1.97. The number of nitrogens with zero attached hydrogens (tertiary/aromatic N) is 2. The molecule has 1 aliphatic heterocycles. The second-order valence-corrected chi connectivity index (χ2v) is 5.61. The largest absolute Gasteiger partial charge is 0.308 e. The Hall–Kier alpha value is -2.21. The standard InChI is InChI=1S/C15H11BrN2O3/c16-13-5-2-6-14-12(13)7-8-17(14)15(19)10-3-1-4-11(9-10)18(20)21/h1-6,9H,7-8H2. The fourth-order valence-corrected chi connectivity index (χ4v) is 3.06. The smallest absolute Gasteiger partial charge is 0.270 e. The summed E-state index contributed by atoms with van der Waals surface area (Å²) in [5.74, 6) is -0.212. The monoisotopic (exact) mass is 346 g/mol. The van der Waals surface area contributed by atoms with Crippen LogP contribution in [0.4, 0.5) is 11.4 Å². The molecule has 0 bridgehead atoms. The lowest BCUT2D eigenvalue weighted by molar-refractivity contribution is -0.384. The third-order valence-electron chi connectivity index (χ3n) is 3.52. The summed E-state index contributed by atoms with van der Waals surface area (Å²) in [7, 11) is 0. The highest BCUT2D eigenvalue weighted by molar-refractivity contribution is 9.10. The average molecular weight is 347 g/mol. The number of amides is 1. The van der Waals surface area contributed by atoms with E-state index in [1.165, 1.54) is 18.2 Å². The maximum Gasteiger partial charge on any atom is 0.270 e. The molecule has 21 heavy (non-hydrogen) atoms. The molecule has 0 aliphatic carbocycles. The van der Waals surface area contributed by atoms with Gasteiger partial charge in [0, 0.05) is 34.4 Å². The lowest BCUT2D eigenvalue weighted by atomic mass is 10.1. The van der Waals surface area contributed by atoms with E-state index in [9.17, 15) is 14.9 Å². The molecular weight excluding hydrogens is 336 g/mol. The molecule has 3 rings (SSSR count). The second-order valence-electron chi connectivity index (χ2n) is 4.75. The summed E-state index contributed by atoms with van der Waals surface area (Å²) in [6.45, 7) is 0.583. The third kappa shape index (κ3) is 2.42. The SMILES string of the molecule is O=C(c1cccc([N+](=O)[O-])c1)N1CCc2c(Br)cccc21. The van der Waals surface area contributed by atoms with Crippen LogP contribution in [-0.4, -0.2) is 17.4 Å². The third-order valence-corrected chi connectivity index (χ3v) is 4.26. The summed E-state index contributed by atoms with van der Waals surface area (Å²) >= 11 is 3.48.